The maximum absolute atomic E-state index is 13.7. The first kappa shape index (κ1) is 31.1. The Balaban J connectivity index is 5.52. The van der Waals surface area contributed by atoms with E-state index in [2.05, 4.69) is 20.8 Å². The molecule has 0 amide bonds. The molecule has 0 aliphatic heterocycles. The molecule has 0 saturated carbocycles. The summed E-state index contributed by atoms with van der Waals surface area (Å²) in [5, 5.41) is -5.85. The summed E-state index contributed by atoms with van der Waals surface area (Å²) in [6.07, 6.45) is -8.91. The highest BCUT2D eigenvalue weighted by Crippen LogP contribution is 2.42. The van der Waals surface area contributed by atoms with E-state index in [1.165, 1.54) is 0 Å². The van der Waals surface area contributed by atoms with Crippen LogP contribution in [0.15, 0.2) is 12.2 Å². The minimum absolute atomic E-state index is 0.144. The number of unbranched alkanes of at least 4 members (excludes halogenated alkanes) is 2. The van der Waals surface area contributed by atoms with Crippen LogP contribution in [0.1, 0.15) is 46.0 Å². The summed E-state index contributed by atoms with van der Waals surface area (Å²) < 4.78 is 136. The predicted molar refractivity (Wildman–Crippen MR) is 96.8 cm³/mol. The second-order valence-corrected chi connectivity index (χ2v) is 8.24. The number of carbonyl (C=O) groups excluding carboxylic acids is 2. The number of hydrogen-bond acceptors (Lipinski definition) is 7. The van der Waals surface area contributed by atoms with Gasteiger partial charge in [0.2, 0.25) is 0 Å². The lowest BCUT2D eigenvalue weighted by Crippen LogP contribution is -2.58. The molecule has 1 atom stereocenters. The molecule has 0 bridgehead atoms. The Morgan fingerprint density at radius 2 is 1.52 bits per heavy atom. The SMILES string of the molecule is C=C(C)C(=O)OC(OCCCCC(F)(F)C(F)(F)S(=O)(=O)O)(C(=O)OCCCC)C(F)(F)F. The predicted octanol–water partition coefficient (Wildman–Crippen LogP) is 4.01. The Morgan fingerprint density at radius 1 is 0.970 bits per heavy atom. The van der Waals surface area contributed by atoms with Crippen molar-refractivity contribution in [2.45, 2.75) is 69.1 Å². The van der Waals surface area contributed by atoms with E-state index in [4.69, 9.17) is 4.55 Å². The Kier molecular flexibility index (Phi) is 10.8. The van der Waals surface area contributed by atoms with Crippen molar-refractivity contribution in [2.24, 2.45) is 0 Å². The van der Waals surface area contributed by atoms with Gasteiger partial charge in [0.05, 0.1) is 13.2 Å². The summed E-state index contributed by atoms with van der Waals surface area (Å²) in [6.45, 7) is 3.93. The third-order valence-corrected chi connectivity index (χ3v) is 4.84. The van der Waals surface area contributed by atoms with E-state index < -0.39 is 83.2 Å². The summed E-state index contributed by atoms with van der Waals surface area (Å²) in [5.74, 6) is -13.4. The van der Waals surface area contributed by atoms with Crippen LogP contribution in [0.25, 0.3) is 0 Å². The van der Waals surface area contributed by atoms with Crippen LogP contribution in [0.2, 0.25) is 0 Å². The van der Waals surface area contributed by atoms with Gasteiger partial charge in [0.1, 0.15) is 0 Å². The summed E-state index contributed by atoms with van der Waals surface area (Å²) >= 11 is 0. The van der Waals surface area contributed by atoms with Gasteiger partial charge in [0.15, 0.2) is 0 Å². The highest BCUT2D eigenvalue weighted by atomic mass is 32.2. The zero-order valence-electron chi connectivity index (χ0n) is 17.5. The van der Waals surface area contributed by atoms with Gasteiger partial charge in [-0.05, 0) is 26.2 Å². The lowest BCUT2D eigenvalue weighted by molar-refractivity contribution is -0.354. The molecule has 194 valence electrons. The van der Waals surface area contributed by atoms with Crippen molar-refractivity contribution in [3.05, 3.63) is 12.2 Å². The third-order valence-electron chi connectivity index (χ3n) is 3.90. The van der Waals surface area contributed by atoms with Gasteiger partial charge in [-0.15, -0.1) is 0 Å². The Bertz CT molecular complexity index is 811. The van der Waals surface area contributed by atoms with E-state index in [1.807, 2.05) is 0 Å². The van der Waals surface area contributed by atoms with Crippen LogP contribution in [-0.2, 0) is 33.9 Å². The molecule has 0 rings (SSSR count). The molecule has 1 unspecified atom stereocenters. The minimum atomic E-state index is -6.48. The van der Waals surface area contributed by atoms with Crippen LogP contribution in [0.4, 0.5) is 30.7 Å². The number of alkyl halides is 7. The number of esters is 2. The van der Waals surface area contributed by atoms with Crippen molar-refractivity contribution >= 4 is 22.1 Å². The van der Waals surface area contributed by atoms with Gasteiger partial charge in [-0.2, -0.15) is 39.2 Å². The lowest BCUT2D eigenvalue weighted by Gasteiger charge is -2.32. The number of rotatable bonds is 14. The topological polar surface area (TPSA) is 116 Å². The monoisotopic (exact) mass is 520 g/mol. The molecule has 33 heavy (non-hydrogen) atoms. The van der Waals surface area contributed by atoms with Crippen molar-refractivity contribution in [3.8, 4) is 0 Å². The lowest BCUT2D eigenvalue weighted by atomic mass is 10.1. The average molecular weight is 520 g/mol. The van der Waals surface area contributed by atoms with Crippen molar-refractivity contribution in [2.75, 3.05) is 13.2 Å². The number of hydrogen-bond donors (Lipinski definition) is 1. The van der Waals surface area contributed by atoms with Gasteiger partial charge in [-0.25, -0.2) is 9.59 Å². The fourth-order valence-electron chi connectivity index (χ4n) is 2.01. The second-order valence-electron chi connectivity index (χ2n) is 6.78. The van der Waals surface area contributed by atoms with Gasteiger partial charge in [-0.3, -0.25) is 4.55 Å². The molecule has 0 heterocycles. The molecular formula is C17H23F7O8S. The number of carbonyl (C=O) groups is 2. The zero-order chi connectivity index (χ0) is 26.3. The molecule has 0 fully saturated rings. The first-order chi connectivity index (χ1) is 14.8. The maximum Gasteiger partial charge on any atom is 0.468 e. The van der Waals surface area contributed by atoms with E-state index >= 15 is 0 Å². The number of halogens is 7. The van der Waals surface area contributed by atoms with Gasteiger partial charge in [0, 0.05) is 12.0 Å². The standard InChI is InChI=1S/C17H23F7O8S/c1-4-5-9-30-13(26)15(16(20,21)22,32-12(25)11(2)3)31-10-7-6-8-14(18,19)17(23,24)33(27,28)29/h2,4-10H2,1,3H3,(H,27,28,29). The van der Waals surface area contributed by atoms with Crippen LogP contribution in [0, 0.1) is 0 Å². The highest BCUT2D eigenvalue weighted by molar-refractivity contribution is 7.87. The quantitative estimate of drug-likeness (QED) is 0.0913. The van der Waals surface area contributed by atoms with Crippen LogP contribution in [-0.4, -0.2) is 61.3 Å². The minimum Gasteiger partial charge on any atom is -0.461 e. The summed E-state index contributed by atoms with van der Waals surface area (Å²) in [4.78, 5) is 23.8. The smallest absolute Gasteiger partial charge is 0.461 e. The van der Waals surface area contributed by atoms with E-state index in [0.29, 0.717) is 6.42 Å². The summed E-state index contributed by atoms with van der Waals surface area (Å²) in [5.41, 5.74) is -0.555. The first-order valence-electron chi connectivity index (χ1n) is 9.26. The fraction of sp³-hybridized carbons (Fsp3) is 0.765. The van der Waals surface area contributed by atoms with E-state index in [1.54, 1.807) is 6.92 Å². The van der Waals surface area contributed by atoms with Gasteiger partial charge < -0.3 is 14.2 Å². The molecule has 0 aromatic carbocycles. The van der Waals surface area contributed by atoms with Crippen molar-refractivity contribution in [3.63, 3.8) is 0 Å². The largest absolute Gasteiger partial charge is 0.468 e. The van der Waals surface area contributed by atoms with Gasteiger partial charge >= 0.3 is 45.2 Å². The Morgan fingerprint density at radius 3 is 1.94 bits per heavy atom. The molecule has 0 spiro atoms. The van der Waals surface area contributed by atoms with E-state index in [0.717, 1.165) is 6.92 Å². The molecule has 0 saturated heterocycles. The zero-order valence-corrected chi connectivity index (χ0v) is 18.3. The summed E-state index contributed by atoms with van der Waals surface area (Å²) in [6, 6.07) is 0. The van der Waals surface area contributed by atoms with Crippen LogP contribution >= 0.6 is 0 Å². The summed E-state index contributed by atoms with van der Waals surface area (Å²) in [7, 11) is -6.48. The molecule has 8 nitrogen and oxygen atoms in total. The molecule has 0 aromatic rings. The Labute approximate surface area is 184 Å². The van der Waals surface area contributed by atoms with E-state index in [9.17, 15) is 48.7 Å². The Hall–Kier alpha value is -1.94. The normalized spacial score (nSPS) is 15.0. The molecule has 0 aromatic heterocycles. The number of ether oxygens (including phenoxy) is 3. The average Bonchev–Trinajstić information content (AvgIpc) is 2.64. The van der Waals surface area contributed by atoms with Gasteiger partial charge in [-0.1, -0.05) is 19.9 Å². The highest BCUT2D eigenvalue weighted by Gasteiger charge is 2.68. The van der Waals surface area contributed by atoms with Crippen LogP contribution in [0.5, 0.6) is 0 Å². The second kappa shape index (κ2) is 11.5. The van der Waals surface area contributed by atoms with Crippen LogP contribution < -0.4 is 0 Å². The molecule has 1 N–H and O–H groups in total. The first-order valence-corrected chi connectivity index (χ1v) is 10.7. The van der Waals surface area contributed by atoms with Crippen molar-refractivity contribution in [1.29, 1.82) is 0 Å². The van der Waals surface area contributed by atoms with E-state index in [-0.39, 0.29) is 6.42 Å². The van der Waals surface area contributed by atoms with Crippen LogP contribution in [0.3, 0.4) is 0 Å². The maximum atomic E-state index is 13.7. The van der Waals surface area contributed by atoms with Crippen molar-refractivity contribution < 1.29 is 67.5 Å². The molecule has 16 heteroatoms. The van der Waals surface area contributed by atoms with Crippen molar-refractivity contribution in [1.82, 2.24) is 0 Å². The molecule has 0 radical (unpaired) electrons. The molecular weight excluding hydrogens is 497 g/mol. The third kappa shape index (κ3) is 7.81. The molecule has 0 aliphatic rings. The van der Waals surface area contributed by atoms with Gasteiger partial charge in [0.25, 0.3) is 0 Å². The molecule has 0 aliphatic carbocycles. The fourth-order valence-corrected chi connectivity index (χ4v) is 2.49.